The molecule has 3 aromatic heterocycles. The van der Waals surface area contributed by atoms with Crippen LogP contribution >= 0.6 is 11.6 Å². The Morgan fingerprint density at radius 1 is 1.08 bits per heavy atom. The fourth-order valence-corrected chi connectivity index (χ4v) is 2.92. The lowest BCUT2D eigenvalue weighted by molar-refractivity contribution is 0.325. The van der Waals surface area contributed by atoms with Gasteiger partial charge in [0.15, 0.2) is 0 Å². The first-order chi connectivity index (χ1) is 12.7. The number of rotatable bonds is 3. The van der Waals surface area contributed by atoms with Crippen LogP contribution in [-0.4, -0.2) is 21.6 Å². The van der Waals surface area contributed by atoms with Gasteiger partial charge in [0.2, 0.25) is 16.6 Å². The van der Waals surface area contributed by atoms with Crippen molar-refractivity contribution in [2.24, 2.45) is 0 Å². The molecule has 134 valence electrons. The molecule has 0 N–H and O–H groups in total. The molecular weight excluding hydrogens is 350 g/mol. The molecule has 3 heterocycles. The third-order valence-electron chi connectivity index (χ3n) is 3.78. The summed E-state index contributed by atoms with van der Waals surface area (Å²) < 4.78 is 11.4. The molecule has 0 atom stereocenters. The van der Waals surface area contributed by atoms with Gasteiger partial charge in [-0.05, 0) is 37.1 Å². The second-order valence-electron chi connectivity index (χ2n) is 5.38. The summed E-state index contributed by atoms with van der Waals surface area (Å²) in [5.41, 5.74) is 4.47. The zero-order valence-electron chi connectivity index (χ0n) is 15.2. The van der Waals surface area contributed by atoms with E-state index in [0.29, 0.717) is 29.3 Å². The highest BCUT2D eigenvalue weighted by atomic mass is 35.5. The minimum Gasteiger partial charge on any atom is -0.475 e. The lowest BCUT2D eigenvalue weighted by atomic mass is 10.1. The number of pyridine rings is 1. The Bertz CT molecular complexity index is 1050. The van der Waals surface area contributed by atoms with Crippen LogP contribution in [-0.2, 0) is 0 Å². The minimum absolute atomic E-state index is 0.125. The van der Waals surface area contributed by atoms with Crippen molar-refractivity contribution < 1.29 is 9.15 Å². The van der Waals surface area contributed by atoms with E-state index in [1.54, 1.807) is 0 Å². The van der Waals surface area contributed by atoms with E-state index in [-0.39, 0.29) is 5.28 Å². The standard InChI is InChI=1S/C18H14ClN3O2.C2H6/c1-3-23-17-15-14(21-18(19)22-17)13-10(2)9-12(20-16(13)24-15)11-7-5-4-6-8-11;1-2/h4-9H,3H2,1-2H3;1-2H3. The molecule has 4 rings (SSSR count). The molecule has 0 saturated carbocycles. The van der Waals surface area contributed by atoms with Crippen LogP contribution in [0.5, 0.6) is 5.88 Å². The summed E-state index contributed by atoms with van der Waals surface area (Å²) in [5.74, 6) is 0.339. The van der Waals surface area contributed by atoms with Crippen LogP contribution in [0.1, 0.15) is 26.3 Å². The minimum atomic E-state index is 0.125. The lowest BCUT2D eigenvalue weighted by Crippen LogP contribution is -1.96. The summed E-state index contributed by atoms with van der Waals surface area (Å²) in [6, 6.07) is 12.0. The van der Waals surface area contributed by atoms with E-state index in [0.717, 1.165) is 22.2 Å². The Kier molecular flexibility index (Phi) is 5.38. The van der Waals surface area contributed by atoms with Crippen LogP contribution in [0.2, 0.25) is 5.28 Å². The normalized spacial score (nSPS) is 10.7. The first-order valence-electron chi connectivity index (χ1n) is 8.63. The number of hydrogen-bond donors (Lipinski definition) is 0. The van der Waals surface area contributed by atoms with Crippen molar-refractivity contribution in [3.63, 3.8) is 0 Å². The maximum Gasteiger partial charge on any atom is 0.262 e. The van der Waals surface area contributed by atoms with Crippen LogP contribution in [0.25, 0.3) is 33.5 Å². The smallest absolute Gasteiger partial charge is 0.262 e. The highest BCUT2D eigenvalue weighted by Crippen LogP contribution is 2.35. The summed E-state index contributed by atoms with van der Waals surface area (Å²) in [4.78, 5) is 13.1. The van der Waals surface area contributed by atoms with Gasteiger partial charge >= 0.3 is 0 Å². The fourth-order valence-electron chi connectivity index (χ4n) is 2.76. The molecule has 0 bridgehead atoms. The molecule has 0 aliphatic carbocycles. The van der Waals surface area contributed by atoms with Gasteiger partial charge in [0, 0.05) is 5.56 Å². The molecule has 0 fully saturated rings. The average Bonchev–Trinajstić information content (AvgIpc) is 3.03. The maximum atomic E-state index is 6.03. The van der Waals surface area contributed by atoms with E-state index < -0.39 is 0 Å². The Morgan fingerprint density at radius 2 is 1.81 bits per heavy atom. The number of nitrogens with zero attached hydrogens (tertiary/aromatic N) is 3. The summed E-state index contributed by atoms with van der Waals surface area (Å²) in [5, 5.41) is 0.954. The van der Waals surface area contributed by atoms with Gasteiger partial charge in [0.05, 0.1) is 17.7 Å². The van der Waals surface area contributed by atoms with E-state index in [1.807, 2.05) is 64.1 Å². The molecule has 5 nitrogen and oxygen atoms in total. The topological polar surface area (TPSA) is 61.0 Å². The van der Waals surface area contributed by atoms with Gasteiger partial charge in [-0.3, -0.25) is 0 Å². The zero-order valence-corrected chi connectivity index (χ0v) is 16.0. The Labute approximate surface area is 157 Å². The molecule has 26 heavy (non-hydrogen) atoms. The summed E-state index contributed by atoms with van der Waals surface area (Å²) in [7, 11) is 0. The van der Waals surface area contributed by atoms with Crippen molar-refractivity contribution in [3.8, 4) is 17.1 Å². The van der Waals surface area contributed by atoms with Gasteiger partial charge in [-0.15, -0.1) is 0 Å². The number of hydrogen-bond acceptors (Lipinski definition) is 5. The van der Waals surface area contributed by atoms with Gasteiger partial charge in [0.25, 0.3) is 5.88 Å². The molecule has 0 radical (unpaired) electrons. The number of benzene rings is 1. The highest BCUT2D eigenvalue weighted by molar-refractivity contribution is 6.29. The zero-order chi connectivity index (χ0) is 18.7. The molecule has 0 amide bonds. The average molecular weight is 370 g/mol. The molecule has 0 aliphatic heterocycles. The van der Waals surface area contributed by atoms with Crippen molar-refractivity contribution in [3.05, 3.63) is 47.2 Å². The predicted molar refractivity (Wildman–Crippen MR) is 105 cm³/mol. The molecule has 0 spiro atoms. The molecule has 0 aliphatic rings. The van der Waals surface area contributed by atoms with Crippen molar-refractivity contribution in [1.82, 2.24) is 15.0 Å². The summed E-state index contributed by atoms with van der Waals surface area (Å²) >= 11 is 6.03. The summed E-state index contributed by atoms with van der Waals surface area (Å²) in [6.45, 7) is 8.34. The first kappa shape index (κ1) is 18.1. The van der Waals surface area contributed by atoms with Crippen molar-refractivity contribution >= 4 is 33.8 Å². The Balaban J connectivity index is 0.000000948. The molecule has 6 heteroatoms. The second kappa shape index (κ2) is 7.70. The van der Waals surface area contributed by atoms with Crippen LogP contribution in [0, 0.1) is 6.92 Å². The van der Waals surface area contributed by atoms with E-state index in [9.17, 15) is 0 Å². The molecular formula is C20H20ClN3O2. The number of fused-ring (bicyclic) bond motifs is 3. The monoisotopic (exact) mass is 369 g/mol. The fraction of sp³-hybridized carbons (Fsp3) is 0.250. The van der Waals surface area contributed by atoms with Crippen molar-refractivity contribution in [2.75, 3.05) is 6.61 Å². The van der Waals surface area contributed by atoms with E-state index in [1.165, 1.54) is 0 Å². The number of aromatic nitrogens is 3. The third kappa shape index (κ3) is 3.22. The molecule has 4 aromatic rings. The van der Waals surface area contributed by atoms with Crippen LogP contribution < -0.4 is 4.74 Å². The van der Waals surface area contributed by atoms with E-state index >= 15 is 0 Å². The van der Waals surface area contributed by atoms with Gasteiger partial charge in [-0.2, -0.15) is 4.98 Å². The largest absolute Gasteiger partial charge is 0.475 e. The predicted octanol–water partition coefficient (Wildman–Crippen LogP) is 5.82. The van der Waals surface area contributed by atoms with Crippen LogP contribution in [0.4, 0.5) is 0 Å². The maximum absolute atomic E-state index is 6.03. The second-order valence-corrected chi connectivity index (χ2v) is 5.72. The van der Waals surface area contributed by atoms with E-state index in [4.69, 9.17) is 20.8 Å². The molecule has 0 unspecified atom stereocenters. The van der Waals surface area contributed by atoms with Gasteiger partial charge in [-0.1, -0.05) is 44.2 Å². The number of aryl methyl sites for hydroxylation is 1. The lowest BCUT2D eigenvalue weighted by Gasteiger charge is -2.03. The van der Waals surface area contributed by atoms with Gasteiger partial charge in [-0.25, -0.2) is 9.97 Å². The molecule has 1 aromatic carbocycles. The van der Waals surface area contributed by atoms with Gasteiger partial charge < -0.3 is 9.15 Å². The van der Waals surface area contributed by atoms with Crippen LogP contribution in [0.3, 0.4) is 0 Å². The first-order valence-corrected chi connectivity index (χ1v) is 9.00. The number of ether oxygens (including phenoxy) is 1. The quantitative estimate of drug-likeness (QED) is 0.425. The summed E-state index contributed by atoms with van der Waals surface area (Å²) in [6.07, 6.45) is 0. The molecule has 0 saturated heterocycles. The van der Waals surface area contributed by atoms with Crippen LogP contribution in [0.15, 0.2) is 40.8 Å². The Hall–Kier alpha value is -2.66. The van der Waals surface area contributed by atoms with Crippen molar-refractivity contribution in [1.29, 1.82) is 0 Å². The number of halogens is 1. The SMILES string of the molecule is CC.CCOc1nc(Cl)nc2c1oc1nc(-c3ccccc3)cc(C)c12. The van der Waals surface area contributed by atoms with Gasteiger partial charge in [0.1, 0.15) is 5.52 Å². The highest BCUT2D eigenvalue weighted by Gasteiger charge is 2.19. The number of furan rings is 1. The third-order valence-corrected chi connectivity index (χ3v) is 3.95. The van der Waals surface area contributed by atoms with Crippen molar-refractivity contribution in [2.45, 2.75) is 27.7 Å². The van der Waals surface area contributed by atoms with E-state index in [2.05, 4.69) is 15.0 Å². The Morgan fingerprint density at radius 3 is 2.50 bits per heavy atom.